The maximum absolute atomic E-state index is 12.6. The van der Waals surface area contributed by atoms with Gasteiger partial charge < -0.3 is 14.0 Å². The molecule has 3 heterocycles. The third-order valence-corrected chi connectivity index (χ3v) is 4.58. The summed E-state index contributed by atoms with van der Waals surface area (Å²) in [6.45, 7) is 7.78. The number of hydrogen-bond donors (Lipinski definition) is 0. The lowest BCUT2D eigenvalue weighted by molar-refractivity contribution is 0.0462. The number of hydrogen-bond acceptors (Lipinski definition) is 7. The molecule has 0 radical (unpaired) electrons. The highest BCUT2D eigenvalue weighted by Gasteiger charge is 2.22. The van der Waals surface area contributed by atoms with E-state index in [1.807, 2.05) is 32.3 Å². The minimum absolute atomic E-state index is 0.0898. The van der Waals surface area contributed by atoms with Gasteiger partial charge in [0, 0.05) is 36.0 Å². The average Bonchev–Trinajstić information content (AvgIpc) is 3.21. The standard InChI is InChI=1S/C19H23N5O4/c1-11-6-7-20-19-21-17(22-24(11)19)18(26)28-10-16(25)15-8-12(2)23(14(15)4)13(3)9-27-5/h6-8,13H,9-10H2,1-5H3. The van der Waals surface area contributed by atoms with Gasteiger partial charge in [0.1, 0.15) is 0 Å². The van der Waals surface area contributed by atoms with Crippen molar-refractivity contribution in [3.8, 4) is 0 Å². The Morgan fingerprint density at radius 1 is 1.21 bits per heavy atom. The monoisotopic (exact) mass is 385 g/mol. The summed E-state index contributed by atoms with van der Waals surface area (Å²) in [5.41, 5.74) is 3.06. The second-order valence-electron chi connectivity index (χ2n) is 6.69. The number of aryl methyl sites for hydroxylation is 2. The van der Waals surface area contributed by atoms with Gasteiger partial charge in [0.2, 0.25) is 5.78 Å². The molecule has 0 saturated carbocycles. The molecule has 0 aliphatic rings. The molecule has 0 fully saturated rings. The molecule has 28 heavy (non-hydrogen) atoms. The van der Waals surface area contributed by atoms with Crippen molar-refractivity contribution in [2.45, 2.75) is 33.7 Å². The van der Waals surface area contributed by atoms with Crippen LogP contribution in [0.4, 0.5) is 0 Å². The van der Waals surface area contributed by atoms with Crippen molar-refractivity contribution in [2.24, 2.45) is 0 Å². The Labute approximate surface area is 162 Å². The fourth-order valence-electron chi connectivity index (χ4n) is 3.32. The molecular formula is C19H23N5O4. The van der Waals surface area contributed by atoms with Crippen molar-refractivity contribution in [3.05, 3.63) is 46.8 Å². The predicted octanol–water partition coefficient (Wildman–Crippen LogP) is 2.10. The zero-order valence-electron chi connectivity index (χ0n) is 16.6. The summed E-state index contributed by atoms with van der Waals surface area (Å²) in [5, 5.41) is 4.08. The van der Waals surface area contributed by atoms with Gasteiger partial charge in [0.05, 0.1) is 12.6 Å². The van der Waals surface area contributed by atoms with Gasteiger partial charge in [0.25, 0.3) is 11.6 Å². The Morgan fingerprint density at radius 2 is 1.96 bits per heavy atom. The average molecular weight is 385 g/mol. The van der Waals surface area contributed by atoms with Crippen LogP contribution in [0.25, 0.3) is 5.78 Å². The van der Waals surface area contributed by atoms with Gasteiger partial charge in [0.15, 0.2) is 6.61 Å². The molecule has 0 saturated heterocycles. The first kappa shape index (κ1) is 19.7. The fourth-order valence-corrected chi connectivity index (χ4v) is 3.32. The molecule has 0 aliphatic carbocycles. The Morgan fingerprint density at radius 3 is 2.64 bits per heavy atom. The Hall–Kier alpha value is -3.07. The molecule has 9 nitrogen and oxygen atoms in total. The van der Waals surface area contributed by atoms with Crippen LogP contribution in [0.15, 0.2) is 18.3 Å². The Kier molecular flexibility index (Phi) is 5.55. The van der Waals surface area contributed by atoms with E-state index in [-0.39, 0.29) is 24.3 Å². The molecule has 1 unspecified atom stereocenters. The lowest BCUT2D eigenvalue weighted by Gasteiger charge is -2.17. The van der Waals surface area contributed by atoms with Gasteiger partial charge in [-0.3, -0.25) is 4.79 Å². The van der Waals surface area contributed by atoms with Crippen LogP contribution in [0.2, 0.25) is 0 Å². The number of aromatic nitrogens is 5. The molecule has 9 heteroatoms. The predicted molar refractivity (Wildman–Crippen MR) is 101 cm³/mol. The molecule has 3 aromatic heterocycles. The van der Waals surface area contributed by atoms with Crippen LogP contribution in [-0.2, 0) is 9.47 Å². The van der Waals surface area contributed by atoms with Gasteiger partial charge in [-0.1, -0.05) is 0 Å². The number of esters is 1. The molecule has 0 aliphatic heterocycles. The van der Waals surface area contributed by atoms with E-state index >= 15 is 0 Å². The number of ether oxygens (including phenoxy) is 2. The van der Waals surface area contributed by atoms with E-state index in [1.165, 1.54) is 4.52 Å². The number of rotatable bonds is 7. The minimum Gasteiger partial charge on any atom is -0.451 e. The largest absolute Gasteiger partial charge is 0.451 e. The molecule has 0 bridgehead atoms. The number of ketones is 1. The molecular weight excluding hydrogens is 362 g/mol. The molecule has 3 rings (SSSR count). The molecule has 0 spiro atoms. The number of carbonyl (C=O) groups is 2. The number of fused-ring (bicyclic) bond motifs is 1. The quantitative estimate of drug-likeness (QED) is 0.453. The van der Waals surface area contributed by atoms with Crippen LogP contribution in [-0.4, -0.2) is 56.2 Å². The van der Waals surface area contributed by atoms with Crippen LogP contribution in [0.5, 0.6) is 0 Å². The van der Waals surface area contributed by atoms with E-state index in [4.69, 9.17) is 9.47 Å². The van der Waals surface area contributed by atoms with E-state index < -0.39 is 5.97 Å². The van der Waals surface area contributed by atoms with Gasteiger partial charge in [-0.05, 0) is 39.8 Å². The van der Waals surface area contributed by atoms with Gasteiger partial charge in [-0.15, -0.1) is 5.10 Å². The summed E-state index contributed by atoms with van der Waals surface area (Å²) in [6.07, 6.45) is 1.58. The zero-order chi connectivity index (χ0) is 20.4. The van der Waals surface area contributed by atoms with Crippen molar-refractivity contribution in [1.82, 2.24) is 24.1 Å². The molecule has 148 valence electrons. The van der Waals surface area contributed by atoms with E-state index in [1.54, 1.807) is 25.4 Å². The molecule has 0 N–H and O–H groups in total. The van der Waals surface area contributed by atoms with Crippen LogP contribution in [0, 0.1) is 20.8 Å². The number of nitrogens with zero attached hydrogens (tertiary/aromatic N) is 5. The van der Waals surface area contributed by atoms with Gasteiger partial charge in [-0.2, -0.15) is 4.98 Å². The van der Waals surface area contributed by atoms with Crippen molar-refractivity contribution in [3.63, 3.8) is 0 Å². The fraction of sp³-hybridized carbons (Fsp3) is 0.421. The van der Waals surface area contributed by atoms with E-state index in [9.17, 15) is 9.59 Å². The lowest BCUT2D eigenvalue weighted by atomic mass is 10.1. The summed E-state index contributed by atoms with van der Waals surface area (Å²) in [5.74, 6) is -0.877. The van der Waals surface area contributed by atoms with Crippen molar-refractivity contribution >= 4 is 17.5 Å². The highest BCUT2D eigenvalue weighted by Crippen LogP contribution is 2.21. The van der Waals surface area contributed by atoms with Crippen LogP contribution < -0.4 is 0 Å². The normalized spacial score (nSPS) is 12.3. The van der Waals surface area contributed by atoms with Crippen molar-refractivity contribution in [1.29, 1.82) is 0 Å². The maximum Gasteiger partial charge on any atom is 0.378 e. The second kappa shape index (κ2) is 7.89. The third-order valence-electron chi connectivity index (χ3n) is 4.58. The number of Topliss-reactive ketones (excluding diaryl/α,β-unsaturated/α-hetero) is 1. The van der Waals surface area contributed by atoms with Crippen LogP contribution >= 0.6 is 0 Å². The zero-order valence-corrected chi connectivity index (χ0v) is 16.6. The number of carbonyl (C=O) groups excluding carboxylic acids is 2. The summed E-state index contributed by atoms with van der Waals surface area (Å²) in [6, 6.07) is 3.64. The molecule has 0 amide bonds. The topological polar surface area (TPSA) is 101 Å². The van der Waals surface area contributed by atoms with Crippen molar-refractivity contribution in [2.75, 3.05) is 20.3 Å². The second-order valence-corrected chi connectivity index (χ2v) is 6.69. The molecule has 3 aromatic rings. The Bertz CT molecular complexity index is 1040. The molecule has 1 atom stereocenters. The van der Waals surface area contributed by atoms with Gasteiger partial charge >= 0.3 is 5.97 Å². The summed E-state index contributed by atoms with van der Waals surface area (Å²) < 4.78 is 13.8. The number of methoxy groups -OCH3 is 1. The van der Waals surface area contributed by atoms with Crippen LogP contribution in [0.3, 0.4) is 0 Å². The highest BCUT2D eigenvalue weighted by atomic mass is 16.5. The third kappa shape index (κ3) is 3.65. The lowest BCUT2D eigenvalue weighted by Crippen LogP contribution is -2.17. The Balaban J connectivity index is 1.72. The maximum atomic E-state index is 12.6. The molecule has 0 aromatic carbocycles. The summed E-state index contributed by atoms with van der Waals surface area (Å²) >= 11 is 0. The van der Waals surface area contributed by atoms with Crippen LogP contribution in [0.1, 0.15) is 51.0 Å². The van der Waals surface area contributed by atoms with E-state index in [0.29, 0.717) is 17.9 Å². The first-order valence-electron chi connectivity index (χ1n) is 8.89. The van der Waals surface area contributed by atoms with E-state index in [2.05, 4.69) is 15.1 Å². The summed E-state index contributed by atoms with van der Waals surface area (Å²) in [4.78, 5) is 32.9. The van der Waals surface area contributed by atoms with Gasteiger partial charge in [-0.25, -0.2) is 14.3 Å². The van der Waals surface area contributed by atoms with E-state index in [0.717, 1.165) is 17.1 Å². The highest BCUT2D eigenvalue weighted by molar-refractivity contribution is 6.00. The minimum atomic E-state index is -0.764. The van der Waals surface area contributed by atoms with Crippen molar-refractivity contribution < 1.29 is 19.1 Å². The first-order valence-corrected chi connectivity index (χ1v) is 8.89. The smallest absolute Gasteiger partial charge is 0.378 e. The SMILES string of the molecule is COCC(C)n1c(C)cc(C(=O)COC(=O)c2nc3nccc(C)n3n2)c1C. The summed E-state index contributed by atoms with van der Waals surface area (Å²) in [7, 11) is 1.64. The first-order chi connectivity index (χ1) is 13.3.